The number of likely N-dealkylation sites (N-methyl/N-ethyl adjacent to an activating group) is 1. The fourth-order valence-electron chi connectivity index (χ4n) is 4.18. The lowest BCUT2D eigenvalue weighted by molar-refractivity contribution is -0.152. The molecule has 168 valence electrons. The number of carbonyl (C=O) groups excluding carboxylic acids is 2. The van der Waals surface area contributed by atoms with Crippen molar-refractivity contribution < 1.29 is 34.5 Å². The van der Waals surface area contributed by atoms with Gasteiger partial charge in [-0.3, -0.25) is 14.4 Å². The first-order valence-corrected chi connectivity index (χ1v) is 10.6. The highest BCUT2D eigenvalue weighted by Crippen LogP contribution is 2.46. The van der Waals surface area contributed by atoms with E-state index in [1.54, 1.807) is 21.0 Å². The molecule has 0 spiro atoms. The normalized spacial score (nSPS) is 28.4. The molecule has 0 aromatic rings. The molecule has 2 heterocycles. The lowest BCUT2D eigenvalue weighted by Gasteiger charge is -2.33. The topological polar surface area (TPSA) is 147 Å². The molecule has 30 heavy (non-hydrogen) atoms. The first-order chi connectivity index (χ1) is 13.9. The van der Waals surface area contributed by atoms with Crippen LogP contribution in [0.4, 0.5) is 0 Å². The summed E-state index contributed by atoms with van der Waals surface area (Å²) in [6, 6.07) is -1.41. The molecule has 4 N–H and O–H groups in total. The maximum Gasteiger partial charge on any atom is 0.353 e. The van der Waals surface area contributed by atoms with Gasteiger partial charge >= 0.3 is 11.9 Å². The number of hydrogen-bond donors (Lipinski definition) is 4. The second kappa shape index (κ2) is 9.36. The first-order valence-electron chi connectivity index (χ1n) is 9.67. The van der Waals surface area contributed by atoms with Crippen LogP contribution in [-0.4, -0.2) is 93.0 Å². The van der Waals surface area contributed by atoms with Crippen LogP contribution in [0.3, 0.4) is 0 Å². The van der Waals surface area contributed by atoms with Crippen LogP contribution in [0, 0.1) is 11.8 Å². The maximum absolute atomic E-state index is 12.3. The Morgan fingerprint density at radius 2 is 1.83 bits per heavy atom. The number of carboxylic acid groups (broad SMARTS) is 2. The van der Waals surface area contributed by atoms with Gasteiger partial charge in [0.2, 0.25) is 11.8 Å². The van der Waals surface area contributed by atoms with E-state index in [9.17, 15) is 34.5 Å². The number of carboxylic acids is 2. The fraction of sp³-hybridized carbons (Fsp3) is 0.684. The second-order valence-corrected chi connectivity index (χ2v) is 9.30. The van der Waals surface area contributed by atoms with Crippen molar-refractivity contribution in [1.29, 1.82) is 0 Å². The molecular weight excluding hydrogens is 414 g/mol. The molecular formula is C19H29N3O7S. The molecule has 0 aliphatic carbocycles. The van der Waals surface area contributed by atoms with Gasteiger partial charge in [0.25, 0.3) is 0 Å². The Morgan fingerprint density at radius 1 is 1.23 bits per heavy atom. The fourth-order valence-corrected chi connectivity index (χ4v) is 5.66. The Kier molecular flexibility index (Phi) is 7.54. The molecule has 1 fully saturated rings. The van der Waals surface area contributed by atoms with Gasteiger partial charge in [-0.1, -0.05) is 6.92 Å². The third kappa shape index (κ3) is 4.62. The van der Waals surface area contributed by atoms with Gasteiger partial charge in [-0.25, -0.2) is 4.79 Å². The average molecular weight is 444 g/mol. The third-order valence-electron chi connectivity index (χ3n) is 5.54. The van der Waals surface area contributed by atoms with Crippen molar-refractivity contribution in [3.8, 4) is 0 Å². The quantitative estimate of drug-likeness (QED) is 0.419. The number of aliphatic carboxylic acids is 2. The minimum absolute atomic E-state index is 0.0757. The number of nitrogens with zero attached hydrogens (tertiary/aromatic N) is 2. The van der Waals surface area contributed by atoms with Crippen LogP contribution < -0.4 is 5.32 Å². The van der Waals surface area contributed by atoms with E-state index in [0.29, 0.717) is 17.9 Å². The summed E-state index contributed by atoms with van der Waals surface area (Å²) in [4.78, 5) is 51.3. The molecule has 0 aromatic carbocycles. The molecule has 2 rings (SSSR count). The van der Waals surface area contributed by atoms with E-state index in [1.165, 1.54) is 30.5 Å². The summed E-state index contributed by atoms with van der Waals surface area (Å²) >= 11 is 1.26. The van der Waals surface area contributed by atoms with Crippen molar-refractivity contribution in [1.82, 2.24) is 15.1 Å². The summed E-state index contributed by atoms with van der Waals surface area (Å²) in [7, 11) is 3.32. The van der Waals surface area contributed by atoms with Gasteiger partial charge in [0.05, 0.1) is 18.2 Å². The highest BCUT2D eigenvalue weighted by Gasteiger charge is 2.51. The zero-order valence-electron chi connectivity index (χ0n) is 17.7. The van der Waals surface area contributed by atoms with Crippen LogP contribution in [-0.2, 0) is 19.2 Å². The van der Waals surface area contributed by atoms with Crippen LogP contribution in [0.15, 0.2) is 10.6 Å². The van der Waals surface area contributed by atoms with E-state index in [-0.39, 0.29) is 22.9 Å². The van der Waals surface area contributed by atoms with E-state index in [4.69, 9.17) is 0 Å². The SMILES string of the molecule is CC(=O)N1C(C(=O)O)=C(S[C@@H]2CN[C@H](C(=O)N(C)C)C2)[C@H](C)C1C(C(=O)O)[C@@H](C)O. The van der Waals surface area contributed by atoms with Gasteiger partial charge in [-0.05, 0) is 13.3 Å². The molecule has 0 aromatic heterocycles. The van der Waals surface area contributed by atoms with E-state index >= 15 is 0 Å². The second-order valence-electron chi connectivity index (χ2n) is 7.96. The van der Waals surface area contributed by atoms with Crippen LogP contribution in [0.2, 0.25) is 0 Å². The molecule has 10 nitrogen and oxygen atoms in total. The Labute approximate surface area is 179 Å². The summed E-state index contributed by atoms with van der Waals surface area (Å²) in [5.74, 6) is -5.26. The highest BCUT2D eigenvalue weighted by atomic mass is 32.2. The lowest BCUT2D eigenvalue weighted by atomic mass is 9.86. The largest absolute Gasteiger partial charge is 0.481 e. The number of hydrogen-bond acceptors (Lipinski definition) is 7. The van der Waals surface area contributed by atoms with Crippen molar-refractivity contribution in [2.45, 2.75) is 50.6 Å². The summed E-state index contributed by atoms with van der Waals surface area (Å²) in [6.45, 7) is 4.64. The van der Waals surface area contributed by atoms with Crippen LogP contribution in [0.5, 0.6) is 0 Å². The molecule has 2 aliphatic rings. The zero-order chi connectivity index (χ0) is 22.9. The average Bonchev–Trinajstić information content (AvgIpc) is 3.18. The van der Waals surface area contributed by atoms with E-state index in [1.807, 2.05) is 0 Å². The van der Waals surface area contributed by atoms with Crippen molar-refractivity contribution in [3.63, 3.8) is 0 Å². The smallest absolute Gasteiger partial charge is 0.353 e. The van der Waals surface area contributed by atoms with Crippen LogP contribution >= 0.6 is 11.8 Å². The molecule has 11 heteroatoms. The number of carbonyl (C=O) groups is 4. The standard InChI is InChI=1S/C19H29N3O7S/c1-8-14(13(9(2)23)18(26)27)22(10(3)24)15(19(28)29)16(8)30-11-6-12(20-7-11)17(25)21(4)5/h8-9,11-14,20,23H,6-7H2,1-5H3,(H,26,27)(H,28,29)/t8-,9-,11+,12+,13?,14?/m1/s1. The molecule has 0 saturated carbocycles. The van der Waals surface area contributed by atoms with Crippen molar-refractivity contribution in [2.75, 3.05) is 20.6 Å². The van der Waals surface area contributed by atoms with Gasteiger partial charge in [-0.15, -0.1) is 11.8 Å². The number of amides is 2. The van der Waals surface area contributed by atoms with Gasteiger partial charge in [0.15, 0.2) is 0 Å². The number of thioether (sulfide) groups is 1. The summed E-state index contributed by atoms with van der Waals surface area (Å²) in [5.41, 5.74) is -0.251. The summed E-state index contributed by atoms with van der Waals surface area (Å²) < 4.78 is 0. The van der Waals surface area contributed by atoms with E-state index in [2.05, 4.69) is 5.32 Å². The molecule has 1 saturated heterocycles. The van der Waals surface area contributed by atoms with Crippen molar-refractivity contribution >= 4 is 35.5 Å². The molecule has 0 bridgehead atoms. The Bertz CT molecular complexity index is 767. The molecule has 0 radical (unpaired) electrons. The number of rotatable bonds is 7. The minimum atomic E-state index is -1.35. The highest BCUT2D eigenvalue weighted by molar-refractivity contribution is 8.03. The monoisotopic (exact) mass is 443 g/mol. The predicted octanol–water partition coefficient (Wildman–Crippen LogP) is -0.217. The van der Waals surface area contributed by atoms with Crippen LogP contribution in [0.25, 0.3) is 0 Å². The minimum Gasteiger partial charge on any atom is -0.481 e. The van der Waals surface area contributed by atoms with Gasteiger partial charge in [0, 0.05) is 43.6 Å². The van der Waals surface area contributed by atoms with E-state index in [0.717, 1.165) is 4.90 Å². The van der Waals surface area contributed by atoms with Gasteiger partial charge < -0.3 is 30.4 Å². The number of nitrogens with one attached hydrogen (secondary N) is 1. The lowest BCUT2D eigenvalue weighted by Crippen LogP contribution is -2.49. The number of aliphatic hydroxyl groups excluding tert-OH is 1. The van der Waals surface area contributed by atoms with E-state index < -0.39 is 41.8 Å². The molecule has 6 atom stereocenters. The summed E-state index contributed by atoms with van der Waals surface area (Å²) in [6.07, 6.45) is -0.805. The van der Waals surface area contributed by atoms with Gasteiger partial charge in [0.1, 0.15) is 11.6 Å². The van der Waals surface area contributed by atoms with Crippen molar-refractivity contribution in [3.05, 3.63) is 10.6 Å². The molecule has 2 unspecified atom stereocenters. The Balaban J connectivity index is 2.38. The number of aliphatic hydroxyl groups is 1. The van der Waals surface area contributed by atoms with Crippen LogP contribution in [0.1, 0.15) is 27.2 Å². The maximum atomic E-state index is 12.3. The Morgan fingerprint density at radius 3 is 2.27 bits per heavy atom. The molecule has 2 aliphatic heterocycles. The van der Waals surface area contributed by atoms with Gasteiger partial charge in [-0.2, -0.15) is 0 Å². The Hall–Kier alpha value is -2.11. The first kappa shape index (κ1) is 24.2. The predicted molar refractivity (Wildman–Crippen MR) is 109 cm³/mol. The zero-order valence-corrected chi connectivity index (χ0v) is 18.5. The summed E-state index contributed by atoms with van der Waals surface area (Å²) in [5, 5.41) is 32.5. The van der Waals surface area contributed by atoms with Crippen molar-refractivity contribution in [2.24, 2.45) is 11.8 Å². The third-order valence-corrected chi connectivity index (χ3v) is 7.05. The molecule has 2 amide bonds.